The molecule has 3 nitrogen and oxygen atoms in total. The number of anilines is 1. The lowest BCUT2D eigenvalue weighted by atomic mass is 10.2. The average molecular weight is 263 g/mol. The third-order valence-electron chi connectivity index (χ3n) is 3.18. The van der Waals surface area contributed by atoms with E-state index in [4.69, 9.17) is 0 Å². The van der Waals surface area contributed by atoms with E-state index in [1.165, 1.54) is 0 Å². The molecule has 0 bridgehead atoms. The molecule has 0 amide bonds. The first-order chi connectivity index (χ1) is 9.18. The Morgan fingerprint density at radius 1 is 1.42 bits per heavy atom. The quantitative estimate of drug-likeness (QED) is 0.828. The van der Waals surface area contributed by atoms with Gasteiger partial charge in [-0.05, 0) is 24.9 Å². The van der Waals surface area contributed by atoms with Gasteiger partial charge in [-0.3, -0.25) is 0 Å². The molecule has 4 heteroatoms. The van der Waals surface area contributed by atoms with Crippen molar-refractivity contribution >= 4 is 5.82 Å². The van der Waals surface area contributed by atoms with Crippen LogP contribution in [0.15, 0.2) is 24.4 Å². The largest absolute Gasteiger partial charge is 0.350 e. The Hall–Kier alpha value is -1.42. The molecule has 0 atom stereocenters. The summed E-state index contributed by atoms with van der Waals surface area (Å²) in [4.78, 5) is 6.18. The molecule has 0 aliphatic carbocycles. The van der Waals surface area contributed by atoms with E-state index in [0.29, 0.717) is 23.8 Å². The minimum Gasteiger partial charge on any atom is -0.350 e. The van der Waals surface area contributed by atoms with Crippen LogP contribution in [0.3, 0.4) is 0 Å². The summed E-state index contributed by atoms with van der Waals surface area (Å²) in [6.45, 7) is 7.31. The molecule has 104 valence electrons. The fourth-order valence-electron chi connectivity index (χ4n) is 2.16. The number of pyridine rings is 1. The molecule has 0 saturated carbocycles. The summed E-state index contributed by atoms with van der Waals surface area (Å²) in [5, 5.41) is 3.27. The van der Waals surface area contributed by atoms with Crippen LogP contribution in [0.4, 0.5) is 10.2 Å². The number of halogens is 1. The van der Waals surface area contributed by atoms with Crippen LogP contribution in [0, 0.1) is 11.7 Å². The van der Waals surface area contributed by atoms with Crippen molar-refractivity contribution in [3.05, 3.63) is 35.8 Å². The number of nitrogens with one attached hydrogen (secondary N) is 1. The van der Waals surface area contributed by atoms with Crippen LogP contribution in [-0.2, 0) is 6.54 Å². The first kappa shape index (κ1) is 14.0. The van der Waals surface area contributed by atoms with Crippen LogP contribution in [0.25, 0.3) is 0 Å². The molecule has 19 heavy (non-hydrogen) atoms. The molecular weight excluding hydrogens is 241 g/mol. The number of hydrogen-bond donors (Lipinski definition) is 1. The molecule has 1 aliphatic heterocycles. The Kier molecular flexibility index (Phi) is 4.91. The summed E-state index contributed by atoms with van der Waals surface area (Å²) in [6, 6.07) is 1.76. The van der Waals surface area contributed by atoms with Gasteiger partial charge in [-0.2, -0.15) is 0 Å². The fourth-order valence-corrected chi connectivity index (χ4v) is 2.16. The van der Waals surface area contributed by atoms with Crippen LogP contribution in [0.1, 0.15) is 25.8 Å². The minimum atomic E-state index is -0.186. The van der Waals surface area contributed by atoms with E-state index < -0.39 is 0 Å². The second kappa shape index (κ2) is 6.66. The molecule has 0 spiro atoms. The molecule has 0 aromatic carbocycles. The van der Waals surface area contributed by atoms with Gasteiger partial charge in [0.25, 0.3) is 0 Å². The van der Waals surface area contributed by atoms with Crippen molar-refractivity contribution in [1.82, 2.24) is 10.3 Å². The topological polar surface area (TPSA) is 28.2 Å². The van der Waals surface area contributed by atoms with E-state index in [2.05, 4.69) is 36.3 Å². The summed E-state index contributed by atoms with van der Waals surface area (Å²) >= 11 is 0. The van der Waals surface area contributed by atoms with E-state index in [9.17, 15) is 4.39 Å². The number of aromatic nitrogens is 1. The number of nitrogens with zero attached hydrogens (tertiary/aromatic N) is 2. The zero-order valence-corrected chi connectivity index (χ0v) is 11.7. The Labute approximate surface area is 114 Å². The highest BCUT2D eigenvalue weighted by molar-refractivity contribution is 5.44. The van der Waals surface area contributed by atoms with Crippen molar-refractivity contribution in [2.45, 2.75) is 26.8 Å². The minimum absolute atomic E-state index is 0.186. The lowest BCUT2D eigenvalue weighted by Crippen LogP contribution is -2.29. The van der Waals surface area contributed by atoms with Gasteiger partial charge in [0.2, 0.25) is 0 Å². The molecule has 2 heterocycles. The molecule has 0 radical (unpaired) electrons. The highest BCUT2D eigenvalue weighted by Gasteiger charge is 2.16. The van der Waals surface area contributed by atoms with E-state index in [0.717, 1.165) is 26.1 Å². The second-order valence-electron chi connectivity index (χ2n) is 5.34. The molecule has 0 unspecified atom stereocenters. The molecule has 1 aromatic heterocycles. The van der Waals surface area contributed by atoms with Gasteiger partial charge in [-0.15, -0.1) is 0 Å². The third-order valence-corrected chi connectivity index (χ3v) is 3.18. The molecule has 0 fully saturated rings. The van der Waals surface area contributed by atoms with Gasteiger partial charge in [0, 0.05) is 31.4 Å². The summed E-state index contributed by atoms with van der Waals surface area (Å²) in [6.07, 6.45) is 6.84. The number of rotatable bonds is 5. The van der Waals surface area contributed by atoms with Crippen molar-refractivity contribution in [3.8, 4) is 0 Å². The molecule has 1 N–H and O–H groups in total. The van der Waals surface area contributed by atoms with Crippen LogP contribution >= 0.6 is 0 Å². The van der Waals surface area contributed by atoms with Crippen LogP contribution in [0.2, 0.25) is 0 Å². The molecule has 2 rings (SSSR count). The predicted molar refractivity (Wildman–Crippen MR) is 76.7 cm³/mol. The van der Waals surface area contributed by atoms with Crippen LogP contribution < -0.4 is 10.2 Å². The maximum atomic E-state index is 14.4. The van der Waals surface area contributed by atoms with E-state index in [1.54, 1.807) is 12.3 Å². The Bertz CT molecular complexity index is 443. The van der Waals surface area contributed by atoms with Gasteiger partial charge in [0.05, 0.1) is 0 Å². The normalized spacial score (nSPS) is 15.3. The van der Waals surface area contributed by atoms with E-state index >= 15 is 0 Å². The van der Waals surface area contributed by atoms with Crippen molar-refractivity contribution in [1.29, 1.82) is 0 Å². The number of hydrogen-bond acceptors (Lipinski definition) is 3. The Morgan fingerprint density at radius 2 is 2.26 bits per heavy atom. The highest BCUT2D eigenvalue weighted by atomic mass is 19.1. The SMILES string of the molecule is CC(C)CNCc1ccnc(N2CC=CCC2)c1F. The van der Waals surface area contributed by atoms with E-state index in [1.807, 2.05) is 4.90 Å². The standard InChI is InChI=1S/C15H22FN3/c1-12(2)10-17-11-13-6-7-18-15(14(13)16)19-8-4-3-5-9-19/h3-4,6-7,12,17H,5,8-11H2,1-2H3. The predicted octanol–water partition coefficient (Wildman–Crippen LogP) is 2.73. The van der Waals surface area contributed by atoms with Crippen molar-refractivity contribution < 1.29 is 4.39 Å². The van der Waals surface area contributed by atoms with Gasteiger partial charge in [-0.25, -0.2) is 9.37 Å². The first-order valence-electron chi connectivity index (χ1n) is 6.92. The highest BCUT2D eigenvalue weighted by Crippen LogP contribution is 2.21. The van der Waals surface area contributed by atoms with Crippen LogP contribution in [-0.4, -0.2) is 24.6 Å². The maximum absolute atomic E-state index is 14.4. The molecule has 1 aromatic rings. The summed E-state index contributed by atoms with van der Waals surface area (Å²) in [5.41, 5.74) is 0.695. The second-order valence-corrected chi connectivity index (χ2v) is 5.34. The maximum Gasteiger partial charge on any atom is 0.170 e. The van der Waals surface area contributed by atoms with E-state index in [-0.39, 0.29) is 5.82 Å². The summed E-state index contributed by atoms with van der Waals surface area (Å²) in [7, 11) is 0. The average Bonchev–Trinajstić information content (AvgIpc) is 2.41. The van der Waals surface area contributed by atoms with Gasteiger partial charge >= 0.3 is 0 Å². The van der Waals surface area contributed by atoms with Gasteiger partial charge < -0.3 is 10.2 Å². The monoisotopic (exact) mass is 263 g/mol. The zero-order chi connectivity index (χ0) is 13.7. The van der Waals surface area contributed by atoms with Gasteiger partial charge in [0.15, 0.2) is 11.6 Å². The van der Waals surface area contributed by atoms with Crippen molar-refractivity contribution in [2.75, 3.05) is 24.5 Å². The fraction of sp³-hybridized carbons (Fsp3) is 0.533. The van der Waals surface area contributed by atoms with Crippen molar-refractivity contribution in [3.63, 3.8) is 0 Å². The zero-order valence-electron chi connectivity index (χ0n) is 11.7. The Balaban J connectivity index is 2.06. The van der Waals surface area contributed by atoms with Crippen molar-refractivity contribution in [2.24, 2.45) is 5.92 Å². The molecule has 1 aliphatic rings. The summed E-state index contributed by atoms with van der Waals surface area (Å²) < 4.78 is 14.4. The lowest BCUT2D eigenvalue weighted by molar-refractivity contribution is 0.532. The third kappa shape index (κ3) is 3.77. The van der Waals surface area contributed by atoms with Crippen LogP contribution in [0.5, 0.6) is 0 Å². The smallest absolute Gasteiger partial charge is 0.170 e. The lowest BCUT2D eigenvalue weighted by Gasteiger charge is -2.25. The molecular formula is C15H22FN3. The van der Waals surface area contributed by atoms with Gasteiger partial charge in [0.1, 0.15) is 0 Å². The first-order valence-corrected chi connectivity index (χ1v) is 6.92. The summed E-state index contributed by atoms with van der Waals surface area (Å²) in [5.74, 6) is 0.860. The Morgan fingerprint density at radius 3 is 2.95 bits per heavy atom. The van der Waals surface area contributed by atoms with Gasteiger partial charge in [-0.1, -0.05) is 26.0 Å². The molecule has 0 saturated heterocycles.